The third kappa shape index (κ3) is 3.61. The Morgan fingerprint density at radius 3 is 2.30 bits per heavy atom. The number of carbonyl (C=O) groups is 1. The molecule has 0 N–H and O–H groups in total. The van der Waals surface area contributed by atoms with Gasteiger partial charge in [0.1, 0.15) is 17.7 Å². The standard InChI is InChI=1S/C19H28N4O4/c1-8-13-9-20-17-15(16(13)27-7)18(25)22(19(26)21(17)6)10-14(24)23(11(2)3)12(4)5/h9,11-12H,8,10H2,1-7H3. The molecule has 0 aliphatic rings. The Bertz CT molecular complexity index is 964. The van der Waals surface area contributed by atoms with Crippen molar-refractivity contribution in [1.82, 2.24) is 19.0 Å². The average molecular weight is 376 g/mol. The quantitative estimate of drug-likeness (QED) is 0.759. The van der Waals surface area contributed by atoms with E-state index in [4.69, 9.17) is 4.74 Å². The summed E-state index contributed by atoms with van der Waals surface area (Å²) in [4.78, 5) is 44.6. The first-order chi connectivity index (χ1) is 12.6. The van der Waals surface area contributed by atoms with Crippen molar-refractivity contribution >= 4 is 16.9 Å². The van der Waals surface area contributed by atoms with Crippen LogP contribution in [0.2, 0.25) is 0 Å². The first-order valence-corrected chi connectivity index (χ1v) is 9.12. The van der Waals surface area contributed by atoms with Crippen molar-refractivity contribution in [2.24, 2.45) is 7.05 Å². The van der Waals surface area contributed by atoms with E-state index in [1.165, 1.54) is 18.7 Å². The summed E-state index contributed by atoms with van der Waals surface area (Å²) in [5, 5.41) is 0.215. The highest BCUT2D eigenvalue weighted by Crippen LogP contribution is 2.25. The molecular formula is C19H28N4O4. The van der Waals surface area contributed by atoms with E-state index in [0.29, 0.717) is 12.2 Å². The lowest BCUT2D eigenvalue weighted by Crippen LogP contribution is -2.48. The van der Waals surface area contributed by atoms with Crippen molar-refractivity contribution in [1.29, 1.82) is 0 Å². The van der Waals surface area contributed by atoms with Gasteiger partial charge in [-0.1, -0.05) is 6.92 Å². The van der Waals surface area contributed by atoms with Crippen LogP contribution < -0.4 is 16.0 Å². The van der Waals surface area contributed by atoms with Gasteiger partial charge in [0.25, 0.3) is 5.56 Å². The monoisotopic (exact) mass is 376 g/mol. The van der Waals surface area contributed by atoms with Crippen LogP contribution in [0.1, 0.15) is 40.2 Å². The molecule has 1 amide bonds. The highest BCUT2D eigenvalue weighted by atomic mass is 16.5. The molecule has 2 aromatic rings. The molecule has 0 bridgehead atoms. The molecule has 0 fully saturated rings. The maximum atomic E-state index is 13.1. The fourth-order valence-electron chi connectivity index (χ4n) is 3.48. The van der Waals surface area contributed by atoms with Crippen LogP contribution in [0.3, 0.4) is 0 Å². The van der Waals surface area contributed by atoms with Gasteiger partial charge in [0, 0.05) is 30.9 Å². The molecule has 27 heavy (non-hydrogen) atoms. The van der Waals surface area contributed by atoms with Crippen LogP contribution in [0.4, 0.5) is 0 Å². The van der Waals surface area contributed by atoms with E-state index in [2.05, 4.69) is 4.98 Å². The van der Waals surface area contributed by atoms with E-state index in [0.717, 1.165) is 10.1 Å². The molecule has 8 heteroatoms. The van der Waals surface area contributed by atoms with Gasteiger partial charge in [0.05, 0.1) is 7.11 Å². The Balaban J connectivity index is 2.73. The van der Waals surface area contributed by atoms with Crippen LogP contribution in [-0.2, 0) is 24.8 Å². The Kier molecular flexibility index (Phi) is 6.08. The van der Waals surface area contributed by atoms with E-state index < -0.39 is 11.2 Å². The lowest BCUT2D eigenvalue weighted by Gasteiger charge is -2.31. The molecule has 0 atom stereocenters. The Labute approximate surface area is 158 Å². The minimum absolute atomic E-state index is 0.0413. The number of ether oxygens (including phenoxy) is 1. The second-order valence-corrected chi connectivity index (χ2v) is 7.09. The summed E-state index contributed by atoms with van der Waals surface area (Å²) in [6, 6.07) is -0.0826. The normalized spacial score (nSPS) is 11.4. The van der Waals surface area contributed by atoms with E-state index in [9.17, 15) is 14.4 Å². The number of methoxy groups -OCH3 is 1. The van der Waals surface area contributed by atoms with Crippen molar-refractivity contribution in [2.45, 2.75) is 59.7 Å². The maximum Gasteiger partial charge on any atom is 0.332 e. The number of carbonyl (C=O) groups excluding carboxylic acids is 1. The summed E-state index contributed by atoms with van der Waals surface area (Å²) in [5.74, 6) is 0.117. The van der Waals surface area contributed by atoms with Crippen LogP contribution in [0.15, 0.2) is 15.8 Å². The molecule has 0 aromatic carbocycles. The lowest BCUT2D eigenvalue weighted by atomic mass is 10.1. The van der Waals surface area contributed by atoms with Gasteiger partial charge < -0.3 is 9.64 Å². The summed E-state index contributed by atoms with van der Waals surface area (Å²) in [7, 11) is 3.01. The van der Waals surface area contributed by atoms with Crippen molar-refractivity contribution in [3.05, 3.63) is 32.6 Å². The van der Waals surface area contributed by atoms with Gasteiger partial charge in [-0.25, -0.2) is 14.3 Å². The van der Waals surface area contributed by atoms with Crippen molar-refractivity contribution in [3.8, 4) is 5.75 Å². The summed E-state index contributed by atoms with van der Waals surface area (Å²) < 4.78 is 7.69. The van der Waals surface area contributed by atoms with Gasteiger partial charge in [-0.3, -0.25) is 14.2 Å². The molecule has 0 radical (unpaired) electrons. The zero-order valence-electron chi connectivity index (χ0n) is 17.1. The summed E-state index contributed by atoms with van der Waals surface area (Å²) in [5.41, 5.74) is -0.127. The predicted molar refractivity (Wildman–Crippen MR) is 104 cm³/mol. The third-order valence-corrected chi connectivity index (χ3v) is 4.66. The Morgan fingerprint density at radius 1 is 1.22 bits per heavy atom. The van der Waals surface area contributed by atoms with E-state index >= 15 is 0 Å². The van der Waals surface area contributed by atoms with Gasteiger partial charge in [-0.15, -0.1) is 0 Å². The molecular weight excluding hydrogens is 348 g/mol. The number of aromatic nitrogens is 3. The second-order valence-electron chi connectivity index (χ2n) is 7.09. The topological polar surface area (TPSA) is 86.4 Å². The van der Waals surface area contributed by atoms with E-state index in [-0.39, 0.29) is 35.6 Å². The number of hydrogen-bond donors (Lipinski definition) is 0. The number of hydrogen-bond acceptors (Lipinski definition) is 5. The van der Waals surface area contributed by atoms with Crippen LogP contribution in [0.25, 0.3) is 11.0 Å². The van der Waals surface area contributed by atoms with Crippen molar-refractivity contribution in [3.63, 3.8) is 0 Å². The molecule has 0 saturated carbocycles. The molecule has 0 saturated heterocycles. The summed E-state index contributed by atoms with van der Waals surface area (Å²) in [6.07, 6.45) is 2.23. The number of amides is 1. The Hall–Kier alpha value is -2.64. The molecule has 2 aromatic heterocycles. The number of rotatable bonds is 6. The van der Waals surface area contributed by atoms with Gasteiger partial charge in [0.15, 0.2) is 5.65 Å². The molecule has 2 heterocycles. The summed E-state index contributed by atoms with van der Waals surface area (Å²) >= 11 is 0. The largest absolute Gasteiger partial charge is 0.495 e. The fourth-order valence-corrected chi connectivity index (χ4v) is 3.48. The second kappa shape index (κ2) is 7.94. The molecule has 8 nitrogen and oxygen atoms in total. The molecule has 148 valence electrons. The predicted octanol–water partition coefficient (Wildman–Crippen LogP) is 1.31. The minimum Gasteiger partial charge on any atom is -0.495 e. The molecule has 2 rings (SSSR count). The molecule has 0 aliphatic heterocycles. The van der Waals surface area contributed by atoms with E-state index in [1.807, 2.05) is 34.6 Å². The average Bonchev–Trinajstić information content (AvgIpc) is 2.61. The van der Waals surface area contributed by atoms with Gasteiger partial charge >= 0.3 is 5.69 Å². The fraction of sp³-hybridized carbons (Fsp3) is 0.579. The zero-order valence-corrected chi connectivity index (χ0v) is 17.1. The molecule has 0 unspecified atom stereocenters. The molecule has 0 aliphatic carbocycles. The zero-order chi connectivity index (χ0) is 20.5. The van der Waals surface area contributed by atoms with E-state index in [1.54, 1.807) is 11.1 Å². The number of fused-ring (bicyclic) bond motifs is 1. The van der Waals surface area contributed by atoms with Gasteiger partial charge in [-0.05, 0) is 34.1 Å². The van der Waals surface area contributed by atoms with Crippen LogP contribution in [-0.4, -0.2) is 44.1 Å². The van der Waals surface area contributed by atoms with Crippen molar-refractivity contribution in [2.75, 3.05) is 7.11 Å². The lowest BCUT2D eigenvalue weighted by molar-refractivity contribution is -0.135. The van der Waals surface area contributed by atoms with Gasteiger partial charge in [0.2, 0.25) is 5.91 Å². The van der Waals surface area contributed by atoms with Crippen LogP contribution in [0.5, 0.6) is 5.75 Å². The van der Waals surface area contributed by atoms with Crippen molar-refractivity contribution < 1.29 is 9.53 Å². The molecule has 0 spiro atoms. The SMILES string of the molecule is CCc1cnc2c(c1OC)c(=O)n(CC(=O)N(C(C)C)C(C)C)c(=O)n2C. The number of nitrogens with zero attached hydrogens (tertiary/aromatic N) is 4. The van der Waals surface area contributed by atoms with Crippen LogP contribution >= 0.6 is 0 Å². The smallest absolute Gasteiger partial charge is 0.332 e. The maximum absolute atomic E-state index is 13.1. The number of pyridine rings is 1. The summed E-state index contributed by atoms with van der Waals surface area (Å²) in [6.45, 7) is 9.22. The van der Waals surface area contributed by atoms with Gasteiger partial charge in [-0.2, -0.15) is 0 Å². The highest BCUT2D eigenvalue weighted by Gasteiger charge is 2.24. The van der Waals surface area contributed by atoms with Crippen LogP contribution in [0, 0.1) is 0 Å². The third-order valence-electron chi connectivity index (χ3n) is 4.66. The highest BCUT2D eigenvalue weighted by molar-refractivity contribution is 5.83. The first-order valence-electron chi connectivity index (χ1n) is 9.12. The minimum atomic E-state index is -0.577. The first kappa shape index (κ1) is 20.7. The number of aryl methyl sites for hydroxylation is 2. The Morgan fingerprint density at radius 2 is 1.81 bits per heavy atom.